The summed E-state index contributed by atoms with van der Waals surface area (Å²) >= 11 is 13.4. The van der Waals surface area contributed by atoms with E-state index in [0.29, 0.717) is 5.02 Å². The molecule has 0 bridgehead atoms. The van der Waals surface area contributed by atoms with Crippen molar-refractivity contribution in [1.29, 1.82) is 0 Å². The molecule has 0 aliphatic heterocycles. The zero-order valence-corrected chi connectivity index (χ0v) is 11.4. The number of hydrogen-bond acceptors (Lipinski definition) is 3. The Kier molecular flexibility index (Phi) is 4.05. The van der Waals surface area contributed by atoms with E-state index in [1.165, 1.54) is 11.3 Å². The SMILES string of the molecule is C/C(=N/Nc1ccccc1Cl)c1ccc(Cl)s1. The number of para-hydroxylation sites is 1. The van der Waals surface area contributed by atoms with E-state index < -0.39 is 0 Å². The third-order valence-corrected chi connectivity index (χ3v) is 3.82. The van der Waals surface area contributed by atoms with Gasteiger partial charge in [-0.05, 0) is 31.2 Å². The van der Waals surface area contributed by atoms with Crippen molar-refractivity contribution in [3.63, 3.8) is 0 Å². The number of benzene rings is 1. The summed E-state index contributed by atoms with van der Waals surface area (Å²) in [7, 11) is 0. The molecule has 1 heterocycles. The average molecular weight is 285 g/mol. The van der Waals surface area contributed by atoms with Gasteiger partial charge >= 0.3 is 0 Å². The molecule has 5 heteroatoms. The van der Waals surface area contributed by atoms with Gasteiger partial charge in [-0.3, -0.25) is 5.43 Å². The number of halogens is 2. The lowest BCUT2D eigenvalue weighted by atomic mass is 10.3. The molecule has 0 saturated heterocycles. The summed E-state index contributed by atoms with van der Waals surface area (Å²) in [6.07, 6.45) is 0. The van der Waals surface area contributed by atoms with Crippen LogP contribution in [0.1, 0.15) is 11.8 Å². The van der Waals surface area contributed by atoms with Crippen molar-refractivity contribution in [3.8, 4) is 0 Å². The molecule has 1 aromatic heterocycles. The van der Waals surface area contributed by atoms with Gasteiger partial charge in [0, 0.05) is 0 Å². The lowest BCUT2D eigenvalue weighted by molar-refractivity contribution is 1.33. The number of nitrogens with zero attached hydrogens (tertiary/aromatic N) is 1. The minimum atomic E-state index is 0.647. The third-order valence-electron chi connectivity index (χ3n) is 2.15. The summed E-state index contributed by atoms with van der Waals surface area (Å²) in [6, 6.07) is 11.3. The van der Waals surface area contributed by atoms with E-state index in [1.807, 2.05) is 43.3 Å². The highest BCUT2D eigenvalue weighted by atomic mass is 35.5. The van der Waals surface area contributed by atoms with E-state index in [4.69, 9.17) is 23.2 Å². The number of nitrogens with one attached hydrogen (secondary N) is 1. The van der Waals surface area contributed by atoms with Crippen molar-refractivity contribution in [2.75, 3.05) is 5.43 Å². The first-order chi connectivity index (χ1) is 8.16. The number of anilines is 1. The summed E-state index contributed by atoms with van der Waals surface area (Å²) in [5.41, 5.74) is 4.60. The minimum absolute atomic E-state index is 0.647. The Morgan fingerprint density at radius 3 is 2.59 bits per heavy atom. The first-order valence-corrected chi connectivity index (χ1v) is 6.54. The first-order valence-electron chi connectivity index (χ1n) is 4.97. The fourth-order valence-electron chi connectivity index (χ4n) is 1.26. The molecule has 0 saturated carbocycles. The van der Waals surface area contributed by atoms with Crippen molar-refractivity contribution >= 4 is 45.9 Å². The summed E-state index contributed by atoms with van der Waals surface area (Å²) in [5, 5.41) is 4.92. The largest absolute Gasteiger partial charge is 0.277 e. The van der Waals surface area contributed by atoms with Crippen molar-refractivity contribution in [3.05, 3.63) is 50.6 Å². The van der Waals surface area contributed by atoms with Crippen LogP contribution in [0.15, 0.2) is 41.5 Å². The van der Waals surface area contributed by atoms with Crippen LogP contribution < -0.4 is 5.43 Å². The highest BCUT2D eigenvalue weighted by Gasteiger charge is 2.02. The fourth-order valence-corrected chi connectivity index (χ4v) is 2.43. The molecule has 2 rings (SSSR count). The molecule has 0 aliphatic carbocycles. The molecule has 17 heavy (non-hydrogen) atoms. The molecular weight excluding hydrogens is 275 g/mol. The van der Waals surface area contributed by atoms with Gasteiger partial charge in [0.1, 0.15) is 0 Å². The summed E-state index contributed by atoms with van der Waals surface area (Å²) in [6.45, 7) is 1.92. The molecule has 0 unspecified atom stereocenters. The van der Waals surface area contributed by atoms with Crippen LogP contribution in [0, 0.1) is 0 Å². The Balaban J connectivity index is 2.13. The van der Waals surface area contributed by atoms with Gasteiger partial charge in [-0.15, -0.1) is 11.3 Å². The van der Waals surface area contributed by atoms with Crippen LogP contribution in [0.4, 0.5) is 5.69 Å². The average Bonchev–Trinajstić information content (AvgIpc) is 2.74. The van der Waals surface area contributed by atoms with Crippen LogP contribution in [0.5, 0.6) is 0 Å². The molecule has 2 nitrogen and oxygen atoms in total. The van der Waals surface area contributed by atoms with E-state index in [2.05, 4.69) is 10.5 Å². The molecule has 0 spiro atoms. The van der Waals surface area contributed by atoms with Gasteiger partial charge in [-0.2, -0.15) is 5.10 Å². The molecule has 0 atom stereocenters. The van der Waals surface area contributed by atoms with Crippen LogP contribution in [0.2, 0.25) is 9.36 Å². The second-order valence-electron chi connectivity index (χ2n) is 3.39. The number of hydrazone groups is 1. The Bertz CT molecular complexity index is 549. The zero-order chi connectivity index (χ0) is 12.3. The predicted molar refractivity (Wildman–Crippen MR) is 76.6 cm³/mol. The lowest BCUT2D eigenvalue weighted by Gasteiger charge is -2.03. The molecule has 1 N–H and O–H groups in total. The van der Waals surface area contributed by atoms with Gasteiger partial charge < -0.3 is 0 Å². The number of thiophene rings is 1. The van der Waals surface area contributed by atoms with E-state index in [9.17, 15) is 0 Å². The number of hydrogen-bond donors (Lipinski definition) is 1. The maximum atomic E-state index is 6.01. The summed E-state index contributed by atoms with van der Waals surface area (Å²) in [5.74, 6) is 0. The zero-order valence-electron chi connectivity index (χ0n) is 9.08. The highest BCUT2D eigenvalue weighted by Crippen LogP contribution is 2.23. The Hall–Kier alpha value is -1.03. The van der Waals surface area contributed by atoms with Gasteiger partial charge in [-0.25, -0.2) is 0 Å². The van der Waals surface area contributed by atoms with Gasteiger partial charge in [0.05, 0.1) is 25.6 Å². The van der Waals surface area contributed by atoms with Crippen LogP contribution >= 0.6 is 34.5 Å². The van der Waals surface area contributed by atoms with E-state index in [0.717, 1.165) is 20.6 Å². The van der Waals surface area contributed by atoms with E-state index >= 15 is 0 Å². The molecule has 1 aromatic carbocycles. The second kappa shape index (κ2) is 5.54. The minimum Gasteiger partial charge on any atom is -0.277 e. The maximum absolute atomic E-state index is 6.01. The summed E-state index contributed by atoms with van der Waals surface area (Å²) in [4.78, 5) is 1.04. The first kappa shape index (κ1) is 12.4. The Labute approximate surface area is 114 Å². The topological polar surface area (TPSA) is 24.4 Å². The molecule has 2 aromatic rings. The van der Waals surface area contributed by atoms with Gasteiger partial charge in [0.15, 0.2) is 0 Å². The van der Waals surface area contributed by atoms with E-state index in [1.54, 1.807) is 0 Å². The predicted octanol–water partition coefficient (Wildman–Crippen LogP) is 4.89. The van der Waals surface area contributed by atoms with Crippen molar-refractivity contribution in [1.82, 2.24) is 0 Å². The third kappa shape index (κ3) is 3.22. The standard InChI is InChI=1S/C12H10Cl2N2S/c1-8(11-6-7-12(14)17-11)15-16-10-5-3-2-4-9(10)13/h2-7,16H,1H3/b15-8-. The molecule has 0 amide bonds. The fraction of sp³-hybridized carbons (Fsp3) is 0.0833. The van der Waals surface area contributed by atoms with Crippen molar-refractivity contribution in [2.45, 2.75) is 6.92 Å². The Morgan fingerprint density at radius 2 is 1.94 bits per heavy atom. The van der Waals surface area contributed by atoms with Crippen molar-refractivity contribution < 1.29 is 0 Å². The monoisotopic (exact) mass is 284 g/mol. The second-order valence-corrected chi connectivity index (χ2v) is 5.51. The maximum Gasteiger partial charge on any atom is 0.0935 e. The normalized spacial score (nSPS) is 11.6. The van der Waals surface area contributed by atoms with Gasteiger partial charge in [0.25, 0.3) is 0 Å². The smallest absolute Gasteiger partial charge is 0.0935 e. The number of rotatable bonds is 3. The van der Waals surface area contributed by atoms with Gasteiger partial charge in [-0.1, -0.05) is 35.3 Å². The lowest BCUT2D eigenvalue weighted by Crippen LogP contribution is -1.97. The molecular formula is C12H10Cl2N2S. The van der Waals surface area contributed by atoms with E-state index in [-0.39, 0.29) is 0 Å². The molecule has 0 radical (unpaired) electrons. The van der Waals surface area contributed by atoms with Crippen molar-refractivity contribution in [2.24, 2.45) is 5.10 Å². The van der Waals surface area contributed by atoms with Crippen LogP contribution in [-0.4, -0.2) is 5.71 Å². The Morgan fingerprint density at radius 1 is 1.18 bits per heavy atom. The molecule has 88 valence electrons. The molecule has 0 fully saturated rings. The van der Waals surface area contributed by atoms with Crippen LogP contribution in [-0.2, 0) is 0 Å². The summed E-state index contributed by atoms with van der Waals surface area (Å²) < 4.78 is 0.757. The van der Waals surface area contributed by atoms with Crippen LogP contribution in [0.25, 0.3) is 0 Å². The highest BCUT2D eigenvalue weighted by molar-refractivity contribution is 7.18. The van der Waals surface area contributed by atoms with Crippen LogP contribution in [0.3, 0.4) is 0 Å². The molecule has 0 aliphatic rings. The quantitative estimate of drug-likeness (QED) is 0.630. The van der Waals surface area contributed by atoms with Gasteiger partial charge in [0.2, 0.25) is 0 Å².